The van der Waals surface area contributed by atoms with E-state index in [9.17, 15) is 9.90 Å². The first-order valence-electron chi connectivity index (χ1n) is 11.0. The summed E-state index contributed by atoms with van der Waals surface area (Å²) in [6.45, 7) is 3.16. The first-order chi connectivity index (χ1) is 15.4. The Morgan fingerprint density at radius 3 is 2.50 bits per heavy atom. The predicted octanol–water partition coefficient (Wildman–Crippen LogP) is 4.77. The van der Waals surface area contributed by atoms with Gasteiger partial charge in [0.2, 0.25) is 5.91 Å². The number of halogens is 2. The summed E-state index contributed by atoms with van der Waals surface area (Å²) in [6.07, 6.45) is 2.60. The summed E-state index contributed by atoms with van der Waals surface area (Å²) < 4.78 is 12.2. The number of carbonyl (C=O) groups excluding carboxylic acids is 1. The third kappa shape index (κ3) is 5.49. The SMILES string of the molecule is CC(=O)Nc1ccccc1O[C@@H]1CC[C@@H](N2CCC(Oc3ccc(Cl)c(Cl)c3)CC2)[C@@H]1O. The van der Waals surface area contributed by atoms with Crippen molar-refractivity contribution in [2.75, 3.05) is 18.4 Å². The van der Waals surface area contributed by atoms with Gasteiger partial charge in [0.25, 0.3) is 0 Å². The lowest BCUT2D eigenvalue weighted by atomic mass is 10.0. The number of benzene rings is 2. The Kier molecular flexibility index (Phi) is 7.46. The Morgan fingerprint density at radius 1 is 1.03 bits per heavy atom. The van der Waals surface area contributed by atoms with Crippen LogP contribution in [0, 0.1) is 0 Å². The number of rotatable bonds is 6. The molecule has 8 heteroatoms. The van der Waals surface area contributed by atoms with Gasteiger partial charge < -0.3 is 19.9 Å². The normalized spacial score (nSPS) is 24.3. The number of amides is 1. The van der Waals surface area contributed by atoms with Crippen LogP contribution < -0.4 is 14.8 Å². The molecule has 1 saturated heterocycles. The van der Waals surface area contributed by atoms with Crippen molar-refractivity contribution in [1.82, 2.24) is 4.90 Å². The van der Waals surface area contributed by atoms with Crippen molar-refractivity contribution in [2.45, 2.75) is 57.0 Å². The Morgan fingerprint density at radius 2 is 1.78 bits per heavy atom. The van der Waals surface area contributed by atoms with Crippen LogP contribution in [0.1, 0.15) is 32.6 Å². The van der Waals surface area contributed by atoms with E-state index in [2.05, 4.69) is 10.2 Å². The van der Waals surface area contributed by atoms with Gasteiger partial charge in [-0.05, 0) is 49.9 Å². The molecule has 3 atom stereocenters. The van der Waals surface area contributed by atoms with Crippen LogP contribution in [0.15, 0.2) is 42.5 Å². The maximum Gasteiger partial charge on any atom is 0.221 e. The van der Waals surface area contributed by atoms with Gasteiger partial charge in [0.15, 0.2) is 0 Å². The maximum atomic E-state index is 11.5. The number of anilines is 1. The molecule has 1 aliphatic carbocycles. The van der Waals surface area contributed by atoms with Gasteiger partial charge in [0.05, 0.1) is 15.7 Å². The van der Waals surface area contributed by atoms with E-state index in [1.165, 1.54) is 6.92 Å². The number of nitrogens with one attached hydrogen (secondary N) is 1. The van der Waals surface area contributed by atoms with Crippen LogP contribution in [0.4, 0.5) is 5.69 Å². The molecular formula is C24H28Cl2N2O4. The van der Waals surface area contributed by atoms with Gasteiger partial charge in [-0.3, -0.25) is 9.69 Å². The molecule has 1 aliphatic heterocycles. The number of nitrogens with zero attached hydrogens (tertiary/aromatic N) is 1. The van der Waals surface area contributed by atoms with Crippen molar-refractivity contribution < 1.29 is 19.4 Å². The smallest absolute Gasteiger partial charge is 0.221 e. The molecular weight excluding hydrogens is 451 g/mol. The van der Waals surface area contributed by atoms with E-state index in [4.69, 9.17) is 32.7 Å². The summed E-state index contributed by atoms with van der Waals surface area (Å²) in [6, 6.07) is 12.7. The van der Waals surface area contributed by atoms with E-state index < -0.39 is 6.10 Å². The molecule has 0 radical (unpaired) electrons. The van der Waals surface area contributed by atoms with Crippen molar-refractivity contribution in [1.29, 1.82) is 0 Å². The number of hydrogen-bond acceptors (Lipinski definition) is 5. The molecule has 1 saturated carbocycles. The molecule has 2 aliphatic rings. The summed E-state index contributed by atoms with van der Waals surface area (Å²) in [5.74, 6) is 1.16. The number of aliphatic hydroxyl groups excluding tert-OH is 1. The van der Waals surface area contributed by atoms with Gasteiger partial charge in [-0.15, -0.1) is 0 Å². The summed E-state index contributed by atoms with van der Waals surface area (Å²) >= 11 is 12.1. The first-order valence-corrected chi connectivity index (χ1v) is 11.7. The molecule has 0 unspecified atom stereocenters. The lowest BCUT2D eigenvalue weighted by molar-refractivity contribution is -0.114. The molecule has 6 nitrogen and oxygen atoms in total. The lowest BCUT2D eigenvalue weighted by Crippen LogP contribution is -2.49. The highest BCUT2D eigenvalue weighted by molar-refractivity contribution is 6.42. The van der Waals surface area contributed by atoms with Gasteiger partial charge in [-0.1, -0.05) is 35.3 Å². The Bertz CT molecular complexity index is 949. The Balaban J connectivity index is 1.31. The molecule has 0 bridgehead atoms. The third-order valence-corrected chi connectivity index (χ3v) is 6.88. The second kappa shape index (κ2) is 10.3. The molecule has 1 amide bonds. The van der Waals surface area contributed by atoms with Crippen molar-refractivity contribution in [3.63, 3.8) is 0 Å². The van der Waals surface area contributed by atoms with Crippen molar-refractivity contribution >= 4 is 34.8 Å². The fourth-order valence-corrected chi connectivity index (χ4v) is 4.83. The zero-order valence-corrected chi connectivity index (χ0v) is 19.5. The second-order valence-electron chi connectivity index (χ2n) is 8.40. The molecule has 0 aromatic heterocycles. The zero-order valence-electron chi connectivity index (χ0n) is 18.0. The Labute approximate surface area is 198 Å². The van der Waals surface area contributed by atoms with Crippen LogP contribution in [0.2, 0.25) is 10.0 Å². The average Bonchev–Trinajstić information content (AvgIpc) is 3.12. The minimum Gasteiger partial charge on any atom is -0.490 e. The molecule has 2 fully saturated rings. The van der Waals surface area contributed by atoms with E-state index in [0.717, 1.165) is 44.5 Å². The average molecular weight is 479 g/mol. The fraction of sp³-hybridized carbons (Fsp3) is 0.458. The minimum atomic E-state index is -0.590. The van der Waals surface area contributed by atoms with Crippen LogP contribution in [-0.4, -0.2) is 53.4 Å². The van der Waals surface area contributed by atoms with Crippen LogP contribution in [0.3, 0.4) is 0 Å². The lowest BCUT2D eigenvalue weighted by Gasteiger charge is -2.37. The first kappa shape index (κ1) is 23.2. The van der Waals surface area contributed by atoms with Crippen molar-refractivity contribution in [3.8, 4) is 11.5 Å². The summed E-state index contributed by atoms with van der Waals surface area (Å²) in [4.78, 5) is 13.8. The molecule has 2 N–H and O–H groups in total. The van der Waals surface area contributed by atoms with E-state index in [0.29, 0.717) is 21.5 Å². The number of aliphatic hydroxyl groups is 1. The van der Waals surface area contributed by atoms with E-state index in [-0.39, 0.29) is 24.2 Å². The van der Waals surface area contributed by atoms with E-state index in [1.807, 2.05) is 24.3 Å². The van der Waals surface area contributed by atoms with Crippen molar-refractivity contribution in [3.05, 3.63) is 52.5 Å². The molecule has 4 rings (SSSR count). The second-order valence-corrected chi connectivity index (χ2v) is 9.21. The predicted molar refractivity (Wildman–Crippen MR) is 126 cm³/mol. The quantitative estimate of drug-likeness (QED) is 0.625. The van der Waals surface area contributed by atoms with E-state index in [1.54, 1.807) is 18.2 Å². The zero-order chi connectivity index (χ0) is 22.7. The molecule has 32 heavy (non-hydrogen) atoms. The number of para-hydroxylation sites is 2. The highest BCUT2D eigenvalue weighted by Crippen LogP contribution is 2.34. The molecule has 1 heterocycles. The van der Waals surface area contributed by atoms with Gasteiger partial charge in [-0.25, -0.2) is 0 Å². The van der Waals surface area contributed by atoms with Gasteiger partial charge in [-0.2, -0.15) is 0 Å². The van der Waals surface area contributed by atoms with Gasteiger partial charge in [0, 0.05) is 32.1 Å². The topological polar surface area (TPSA) is 71.0 Å². The summed E-state index contributed by atoms with van der Waals surface area (Å²) in [7, 11) is 0. The largest absolute Gasteiger partial charge is 0.490 e. The fourth-order valence-electron chi connectivity index (χ4n) is 4.54. The summed E-state index contributed by atoms with van der Waals surface area (Å²) in [5, 5.41) is 14.8. The third-order valence-electron chi connectivity index (χ3n) is 6.14. The monoisotopic (exact) mass is 478 g/mol. The van der Waals surface area contributed by atoms with Crippen LogP contribution >= 0.6 is 23.2 Å². The van der Waals surface area contributed by atoms with Crippen LogP contribution in [0.25, 0.3) is 0 Å². The molecule has 2 aromatic carbocycles. The number of hydrogen-bond donors (Lipinski definition) is 2. The molecule has 172 valence electrons. The van der Waals surface area contributed by atoms with Crippen LogP contribution in [0.5, 0.6) is 11.5 Å². The molecule has 0 spiro atoms. The van der Waals surface area contributed by atoms with Crippen LogP contribution in [-0.2, 0) is 4.79 Å². The maximum absolute atomic E-state index is 11.5. The highest BCUT2D eigenvalue weighted by atomic mass is 35.5. The minimum absolute atomic E-state index is 0.0545. The number of piperidine rings is 1. The number of carbonyl (C=O) groups is 1. The molecule has 2 aromatic rings. The highest BCUT2D eigenvalue weighted by Gasteiger charge is 2.41. The van der Waals surface area contributed by atoms with E-state index >= 15 is 0 Å². The van der Waals surface area contributed by atoms with Crippen molar-refractivity contribution in [2.24, 2.45) is 0 Å². The van der Waals surface area contributed by atoms with Gasteiger partial charge >= 0.3 is 0 Å². The summed E-state index contributed by atoms with van der Waals surface area (Å²) in [5.41, 5.74) is 0.621. The standard InChI is InChI=1S/C24H28Cl2N2O4/c1-15(29)27-20-4-2-3-5-22(20)32-23-9-8-21(24(23)30)28-12-10-16(11-13-28)31-17-6-7-18(25)19(26)14-17/h2-7,14,16,21,23-24,30H,8-13H2,1H3,(H,27,29)/t21-,23-,24+/m1/s1. The Hall–Kier alpha value is -1.99. The van der Waals surface area contributed by atoms with Gasteiger partial charge in [0.1, 0.15) is 29.8 Å². The number of ether oxygens (including phenoxy) is 2. The number of likely N-dealkylation sites (tertiary alicyclic amines) is 1.